The Labute approximate surface area is 310 Å². The molecule has 11 heteroatoms. The number of hydrogen-bond donors (Lipinski definition) is 1. The number of likely N-dealkylation sites (N-methyl/N-ethyl adjacent to an activating group) is 2. The summed E-state index contributed by atoms with van der Waals surface area (Å²) in [5.41, 5.74) is -2.52. The lowest BCUT2D eigenvalue weighted by Gasteiger charge is -2.47. The van der Waals surface area contributed by atoms with Gasteiger partial charge in [-0.1, -0.05) is 46.5 Å². The van der Waals surface area contributed by atoms with E-state index < -0.39 is 41.4 Å². The van der Waals surface area contributed by atoms with Crippen LogP contribution in [0.15, 0.2) is 0 Å². The van der Waals surface area contributed by atoms with Gasteiger partial charge in [0, 0.05) is 38.8 Å². The van der Waals surface area contributed by atoms with Crippen molar-refractivity contribution >= 4 is 11.8 Å². The van der Waals surface area contributed by atoms with E-state index in [9.17, 15) is 14.7 Å². The second kappa shape index (κ2) is 20.5. The van der Waals surface area contributed by atoms with Crippen molar-refractivity contribution in [2.24, 2.45) is 23.2 Å². The van der Waals surface area contributed by atoms with Gasteiger partial charge in [0.05, 0.1) is 24.4 Å². The van der Waals surface area contributed by atoms with Crippen LogP contribution in [0, 0.1) is 23.2 Å². The van der Waals surface area contributed by atoms with Gasteiger partial charge in [0.1, 0.15) is 18.1 Å². The minimum atomic E-state index is -1.57. The minimum absolute atomic E-state index is 0.0122. The Morgan fingerprint density at radius 2 is 1.69 bits per heavy atom. The lowest BCUT2D eigenvalue weighted by atomic mass is 9.73. The molecule has 298 valence electrons. The Hall–Kier alpha value is -1.18. The summed E-state index contributed by atoms with van der Waals surface area (Å²) in [6.45, 7) is 16.1. The number of likely N-dealkylation sites (tertiary alicyclic amines) is 1. The number of rotatable bonds is 14. The Kier molecular flexibility index (Phi) is 17.8. The maximum atomic E-state index is 14.6. The molecule has 0 aromatic heterocycles. The Morgan fingerprint density at radius 3 is 2.29 bits per heavy atom. The van der Waals surface area contributed by atoms with Crippen LogP contribution in [-0.4, -0.2) is 149 Å². The van der Waals surface area contributed by atoms with Crippen LogP contribution in [0.4, 0.5) is 0 Å². The molecule has 0 amide bonds. The summed E-state index contributed by atoms with van der Waals surface area (Å²) in [5.74, 6) is -1.05. The van der Waals surface area contributed by atoms with Gasteiger partial charge in [0.2, 0.25) is 0 Å². The van der Waals surface area contributed by atoms with Gasteiger partial charge >= 0.3 is 5.97 Å². The molecule has 0 aromatic rings. The molecule has 0 bridgehead atoms. The molecule has 3 heterocycles. The molecule has 11 nitrogen and oxygen atoms in total. The fourth-order valence-corrected chi connectivity index (χ4v) is 8.94. The van der Waals surface area contributed by atoms with Crippen LogP contribution in [0.3, 0.4) is 0 Å². The number of aliphatic hydroxyl groups excluding tert-OH is 1. The number of carbonyl (C=O) groups is 2. The third kappa shape index (κ3) is 11.9. The summed E-state index contributed by atoms with van der Waals surface area (Å²) in [6, 6.07) is -0.174. The van der Waals surface area contributed by atoms with Crippen molar-refractivity contribution in [2.45, 2.75) is 148 Å². The minimum Gasteiger partial charge on any atom is -0.463 e. The third-order valence-electron chi connectivity index (χ3n) is 12.2. The molecule has 0 aliphatic carbocycles. The first-order valence-electron chi connectivity index (χ1n) is 19.9. The van der Waals surface area contributed by atoms with Crippen molar-refractivity contribution < 1.29 is 38.4 Å². The van der Waals surface area contributed by atoms with Gasteiger partial charge < -0.3 is 38.6 Å². The maximum absolute atomic E-state index is 14.6. The second-order valence-corrected chi connectivity index (χ2v) is 17.0. The number of carbonyl (C=O) groups excluding carboxylic acids is 2. The predicted molar refractivity (Wildman–Crippen MR) is 201 cm³/mol. The van der Waals surface area contributed by atoms with Gasteiger partial charge in [-0.2, -0.15) is 0 Å². The topological polar surface area (TPSA) is 110 Å². The van der Waals surface area contributed by atoms with Gasteiger partial charge in [-0.15, -0.1) is 0 Å². The monoisotopic (exact) mass is 726 g/mol. The van der Waals surface area contributed by atoms with Crippen LogP contribution in [0.5, 0.6) is 0 Å². The highest BCUT2D eigenvalue weighted by Crippen LogP contribution is 2.39. The molecule has 3 rings (SSSR count). The van der Waals surface area contributed by atoms with E-state index in [-0.39, 0.29) is 43.1 Å². The maximum Gasteiger partial charge on any atom is 0.321 e. The van der Waals surface area contributed by atoms with Gasteiger partial charge in [0.15, 0.2) is 12.1 Å². The molecule has 3 saturated heterocycles. The molecular formula is C40H75N3O8. The molecule has 0 radical (unpaired) electrons. The standard InChI is InChI=1S/C40H75N3O8/c1-12-13-14-15-16-19-43-20-17-31(18-21-43)23-32-26-49-38(46)39(5,27-47-10)35(45)30(4)36(40(6,48-11)24-28(2)25-42(32)9)51-37-34(44)33(41(7)8)22-29(3)50-37/h28-34,36-37,44H,12-27H2,1-11H3/t28-,29-,30+,32-,33+,34-,36-,37+,39+,40-/m1/s1. The third-order valence-corrected chi connectivity index (χ3v) is 12.2. The van der Waals surface area contributed by atoms with Crippen LogP contribution >= 0.6 is 0 Å². The number of nitrogens with zero attached hydrogens (tertiary/aromatic N) is 3. The van der Waals surface area contributed by atoms with Crippen LogP contribution in [0.25, 0.3) is 0 Å². The number of unbranched alkanes of at least 4 members (excludes halogenated alkanes) is 4. The van der Waals surface area contributed by atoms with Crippen molar-refractivity contribution in [1.29, 1.82) is 0 Å². The number of methoxy groups -OCH3 is 2. The number of Topliss-reactive ketones (excluding diaryl/α,β-unsaturated/α-hetero) is 1. The number of ketones is 1. The smallest absolute Gasteiger partial charge is 0.321 e. The number of piperidine rings is 1. The molecule has 0 spiro atoms. The Balaban J connectivity index is 1.86. The Morgan fingerprint density at radius 1 is 1.02 bits per heavy atom. The van der Waals surface area contributed by atoms with Crippen molar-refractivity contribution in [3.05, 3.63) is 0 Å². The number of aliphatic hydroxyl groups is 1. The van der Waals surface area contributed by atoms with Crippen LogP contribution < -0.4 is 0 Å². The van der Waals surface area contributed by atoms with E-state index >= 15 is 0 Å². The summed E-state index contributed by atoms with van der Waals surface area (Å²) < 4.78 is 30.8. The van der Waals surface area contributed by atoms with Crippen molar-refractivity contribution in [3.8, 4) is 0 Å². The van der Waals surface area contributed by atoms with E-state index in [0.717, 1.165) is 38.9 Å². The van der Waals surface area contributed by atoms with Gasteiger partial charge in [-0.25, -0.2) is 0 Å². The first-order chi connectivity index (χ1) is 24.1. The average Bonchev–Trinajstić information content (AvgIpc) is 3.09. The molecule has 0 aromatic carbocycles. The first kappa shape index (κ1) is 44.2. The molecule has 3 fully saturated rings. The highest BCUT2D eigenvalue weighted by atomic mass is 16.7. The molecule has 10 atom stereocenters. The van der Waals surface area contributed by atoms with Crippen LogP contribution in [-0.2, 0) is 33.3 Å². The zero-order valence-electron chi connectivity index (χ0n) is 34.2. The largest absolute Gasteiger partial charge is 0.463 e. The van der Waals surface area contributed by atoms with Gasteiger partial charge in [-0.3, -0.25) is 14.5 Å². The molecule has 1 N–H and O–H groups in total. The number of cyclic esters (lactones) is 1. The van der Waals surface area contributed by atoms with Crippen molar-refractivity contribution in [1.82, 2.24) is 14.7 Å². The highest BCUT2D eigenvalue weighted by molar-refractivity contribution is 6.04. The Bertz CT molecular complexity index is 1060. The molecule has 0 unspecified atom stereocenters. The van der Waals surface area contributed by atoms with Crippen LogP contribution in [0.1, 0.15) is 106 Å². The second-order valence-electron chi connectivity index (χ2n) is 17.0. The number of hydrogen-bond acceptors (Lipinski definition) is 11. The predicted octanol–water partition coefficient (Wildman–Crippen LogP) is 5.02. The summed E-state index contributed by atoms with van der Waals surface area (Å²) in [7, 11) is 9.12. The van der Waals surface area contributed by atoms with Crippen molar-refractivity contribution in [2.75, 3.05) is 74.8 Å². The molecule has 3 aliphatic rings. The van der Waals surface area contributed by atoms with E-state index in [4.69, 9.17) is 23.7 Å². The van der Waals surface area contributed by atoms with E-state index in [0.29, 0.717) is 18.8 Å². The fourth-order valence-electron chi connectivity index (χ4n) is 8.94. The highest BCUT2D eigenvalue weighted by Gasteiger charge is 2.53. The normalized spacial score (nSPS) is 37.5. The SMILES string of the molecule is CCCCCCCN1CCC(C[C@@H]2COC(=O)[C@@](C)(COC)C(=O)[C@H](C)[C@@H](O[C@@H]3O[C@H](C)C[C@H](N(C)C)[C@H]3O)[C@](C)(OC)C[C@@H](C)CN2C)CC1. The first-order valence-corrected chi connectivity index (χ1v) is 19.9. The number of ether oxygens (including phenoxy) is 5. The summed E-state index contributed by atoms with van der Waals surface area (Å²) >= 11 is 0. The summed E-state index contributed by atoms with van der Waals surface area (Å²) in [6.07, 6.45) is 8.04. The van der Waals surface area contributed by atoms with Crippen molar-refractivity contribution in [3.63, 3.8) is 0 Å². The van der Waals surface area contributed by atoms with E-state index in [1.807, 2.05) is 32.8 Å². The molecular weight excluding hydrogens is 650 g/mol. The van der Waals surface area contributed by atoms with Crippen LogP contribution in [0.2, 0.25) is 0 Å². The summed E-state index contributed by atoms with van der Waals surface area (Å²) in [4.78, 5) is 35.6. The van der Waals surface area contributed by atoms with E-state index in [2.05, 4.69) is 30.7 Å². The summed E-state index contributed by atoms with van der Waals surface area (Å²) in [5, 5.41) is 11.4. The molecule has 0 saturated carbocycles. The lowest BCUT2D eigenvalue weighted by Crippen LogP contribution is -2.60. The fraction of sp³-hybridized carbons (Fsp3) is 0.950. The molecule has 51 heavy (non-hydrogen) atoms. The molecule has 3 aliphatic heterocycles. The zero-order chi connectivity index (χ0) is 37.9. The van der Waals surface area contributed by atoms with Gasteiger partial charge in [-0.05, 0) is 112 Å². The van der Waals surface area contributed by atoms with E-state index in [1.54, 1.807) is 21.0 Å². The number of esters is 1. The quantitative estimate of drug-likeness (QED) is 0.148. The zero-order valence-corrected chi connectivity index (χ0v) is 34.2. The average molecular weight is 726 g/mol. The van der Waals surface area contributed by atoms with E-state index in [1.165, 1.54) is 45.8 Å². The lowest BCUT2D eigenvalue weighted by molar-refractivity contribution is -0.295. The van der Waals surface area contributed by atoms with Gasteiger partial charge in [0.25, 0.3) is 0 Å².